The van der Waals surface area contributed by atoms with Crippen molar-refractivity contribution in [1.29, 1.82) is 0 Å². The highest BCUT2D eigenvalue weighted by Gasteiger charge is 2.49. The number of rotatable bonds is 6. The number of thiazole rings is 1. The van der Waals surface area contributed by atoms with Crippen molar-refractivity contribution in [3.63, 3.8) is 0 Å². The summed E-state index contributed by atoms with van der Waals surface area (Å²) < 4.78 is 66.1. The lowest BCUT2D eigenvalue weighted by atomic mass is 9.99. The first-order chi connectivity index (χ1) is 15.9. The predicted molar refractivity (Wildman–Crippen MR) is 125 cm³/mol. The maximum absolute atomic E-state index is 13.1. The first kappa shape index (κ1) is 25.1. The molecule has 1 saturated heterocycles. The second kappa shape index (κ2) is 9.23. The van der Waals surface area contributed by atoms with Gasteiger partial charge in [-0.25, -0.2) is 13.4 Å². The lowest BCUT2D eigenvalue weighted by Crippen LogP contribution is -2.55. The molecule has 0 radical (unpaired) electrons. The van der Waals surface area contributed by atoms with E-state index in [0.29, 0.717) is 33.4 Å². The summed E-state index contributed by atoms with van der Waals surface area (Å²) in [5.74, 6) is -0.442. The van der Waals surface area contributed by atoms with Gasteiger partial charge in [0, 0.05) is 17.5 Å². The minimum absolute atomic E-state index is 0.0679. The SMILES string of the molecule is C[C@@]1(C(=O)NCc2nc(-c3ccc(C(F)(F)F)cc3)cs2)CCCN1S(=O)(=O)c1ccc(Cl)s1. The van der Waals surface area contributed by atoms with E-state index in [4.69, 9.17) is 11.6 Å². The number of nitrogens with zero attached hydrogens (tertiary/aromatic N) is 2. The largest absolute Gasteiger partial charge is 0.416 e. The second-order valence-electron chi connectivity index (χ2n) is 7.90. The summed E-state index contributed by atoms with van der Waals surface area (Å²) in [5, 5.41) is 5.00. The van der Waals surface area contributed by atoms with Gasteiger partial charge in [-0.2, -0.15) is 17.5 Å². The van der Waals surface area contributed by atoms with Gasteiger partial charge in [-0.05, 0) is 44.0 Å². The molecule has 1 amide bonds. The van der Waals surface area contributed by atoms with E-state index in [9.17, 15) is 26.4 Å². The molecule has 182 valence electrons. The van der Waals surface area contributed by atoms with Gasteiger partial charge in [-0.15, -0.1) is 22.7 Å². The molecule has 3 aromatic rings. The molecule has 4 rings (SSSR count). The molecule has 1 aliphatic rings. The fourth-order valence-corrected chi connectivity index (χ4v) is 7.95. The fraction of sp³-hybridized carbons (Fsp3) is 0.333. The van der Waals surface area contributed by atoms with E-state index in [1.807, 2.05) is 0 Å². The van der Waals surface area contributed by atoms with Gasteiger partial charge in [0.2, 0.25) is 5.91 Å². The monoisotopic (exact) mass is 549 g/mol. The zero-order valence-corrected chi connectivity index (χ0v) is 20.9. The van der Waals surface area contributed by atoms with Crippen LogP contribution in [-0.2, 0) is 27.5 Å². The highest BCUT2D eigenvalue weighted by molar-refractivity contribution is 7.91. The van der Waals surface area contributed by atoms with Crippen LogP contribution >= 0.6 is 34.3 Å². The van der Waals surface area contributed by atoms with Crippen LogP contribution in [0.5, 0.6) is 0 Å². The van der Waals surface area contributed by atoms with Gasteiger partial charge in [0.05, 0.1) is 22.1 Å². The van der Waals surface area contributed by atoms with Gasteiger partial charge in [-0.1, -0.05) is 23.7 Å². The van der Waals surface area contributed by atoms with E-state index < -0.39 is 33.2 Å². The highest BCUT2D eigenvalue weighted by atomic mass is 35.5. The number of hydrogen-bond acceptors (Lipinski definition) is 6. The molecule has 13 heteroatoms. The number of benzene rings is 1. The standard InChI is InChI=1S/C21H19ClF3N3O3S3/c1-20(9-2-10-28(20)34(30,31)18-8-7-16(22)33-18)19(29)26-11-17-27-15(12-32-17)13-3-5-14(6-4-13)21(23,24)25/h3-8,12H,2,9-11H2,1H3,(H,26,29)/t20-/m0/s1. The third-order valence-corrected chi connectivity index (χ3v) is 10.2. The van der Waals surface area contributed by atoms with Crippen LogP contribution in [0, 0.1) is 0 Å². The Balaban J connectivity index is 1.45. The molecule has 0 aliphatic carbocycles. The summed E-state index contributed by atoms with van der Waals surface area (Å²) in [4.78, 5) is 17.5. The highest BCUT2D eigenvalue weighted by Crippen LogP contribution is 2.38. The molecule has 2 aromatic heterocycles. The van der Waals surface area contributed by atoms with Crippen LogP contribution in [0.15, 0.2) is 46.0 Å². The Labute approximate surface area is 207 Å². The lowest BCUT2D eigenvalue weighted by molar-refractivity contribution is -0.137. The van der Waals surface area contributed by atoms with Crippen molar-refractivity contribution in [3.05, 3.63) is 56.7 Å². The molecule has 3 heterocycles. The van der Waals surface area contributed by atoms with E-state index in [1.165, 1.54) is 39.9 Å². The summed E-state index contributed by atoms with van der Waals surface area (Å²) in [6.07, 6.45) is -3.51. The smallest absolute Gasteiger partial charge is 0.348 e. The number of hydrogen-bond donors (Lipinski definition) is 1. The molecule has 0 unspecified atom stereocenters. The van der Waals surface area contributed by atoms with Gasteiger partial charge in [0.25, 0.3) is 10.0 Å². The van der Waals surface area contributed by atoms with Gasteiger partial charge in [0.15, 0.2) is 0 Å². The van der Waals surface area contributed by atoms with Gasteiger partial charge in [0.1, 0.15) is 14.8 Å². The van der Waals surface area contributed by atoms with Crippen molar-refractivity contribution in [1.82, 2.24) is 14.6 Å². The first-order valence-electron chi connectivity index (χ1n) is 10.1. The van der Waals surface area contributed by atoms with Gasteiger partial charge in [-0.3, -0.25) is 4.79 Å². The molecule has 0 bridgehead atoms. The molecule has 1 aromatic carbocycles. The maximum atomic E-state index is 13.1. The third kappa shape index (κ3) is 4.87. The van der Waals surface area contributed by atoms with E-state index in [1.54, 1.807) is 12.3 Å². The topological polar surface area (TPSA) is 79.4 Å². The summed E-state index contributed by atoms with van der Waals surface area (Å²) >= 11 is 8.09. The van der Waals surface area contributed by atoms with Gasteiger partial charge < -0.3 is 5.32 Å². The van der Waals surface area contributed by atoms with E-state index in [0.717, 1.165) is 23.5 Å². The fourth-order valence-electron chi connectivity index (χ4n) is 3.80. The Hall–Kier alpha value is -1.99. The average molecular weight is 550 g/mol. The first-order valence-corrected chi connectivity index (χ1v) is 13.6. The molecule has 6 nitrogen and oxygen atoms in total. The summed E-state index contributed by atoms with van der Waals surface area (Å²) in [7, 11) is -3.89. The molecular weight excluding hydrogens is 531 g/mol. The molecule has 1 atom stereocenters. The Bertz CT molecular complexity index is 1310. The summed E-state index contributed by atoms with van der Waals surface area (Å²) in [6.45, 7) is 1.88. The molecule has 1 N–H and O–H groups in total. The molecule has 0 saturated carbocycles. The number of alkyl halides is 3. The quantitative estimate of drug-likeness (QED) is 0.446. The number of carbonyl (C=O) groups is 1. The minimum Gasteiger partial charge on any atom is -0.348 e. The number of halogens is 4. The van der Waals surface area contributed by atoms with Crippen LogP contribution in [-0.4, -0.2) is 35.7 Å². The summed E-state index contributed by atoms with van der Waals surface area (Å²) in [6, 6.07) is 7.61. The average Bonchev–Trinajstić information content (AvgIpc) is 3.52. The minimum atomic E-state index is -4.41. The van der Waals surface area contributed by atoms with Crippen molar-refractivity contribution in [3.8, 4) is 11.3 Å². The third-order valence-electron chi connectivity index (χ3n) is 5.62. The molecule has 0 spiro atoms. The van der Waals surface area contributed by atoms with Crippen LogP contribution in [0.4, 0.5) is 13.2 Å². The van der Waals surface area contributed by atoms with E-state index >= 15 is 0 Å². The van der Waals surface area contributed by atoms with Crippen LogP contribution in [0.3, 0.4) is 0 Å². The van der Waals surface area contributed by atoms with Crippen LogP contribution in [0.2, 0.25) is 4.34 Å². The summed E-state index contributed by atoms with van der Waals surface area (Å²) in [5.41, 5.74) is -0.985. The Morgan fingerprint density at radius 3 is 2.56 bits per heavy atom. The van der Waals surface area contributed by atoms with Crippen molar-refractivity contribution in [2.45, 2.75) is 42.2 Å². The van der Waals surface area contributed by atoms with Crippen LogP contribution < -0.4 is 5.32 Å². The zero-order chi connectivity index (χ0) is 24.7. The number of aromatic nitrogens is 1. The Kier molecular flexibility index (Phi) is 6.82. The van der Waals surface area contributed by atoms with Crippen molar-refractivity contribution < 1.29 is 26.4 Å². The van der Waals surface area contributed by atoms with Crippen LogP contribution in [0.1, 0.15) is 30.3 Å². The zero-order valence-electron chi connectivity index (χ0n) is 17.7. The van der Waals surface area contributed by atoms with E-state index in [-0.39, 0.29) is 17.3 Å². The lowest BCUT2D eigenvalue weighted by Gasteiger charge is -2.32. The van der Waals surface area contributed by atoms with Crippen LogP contribution in [0.25, 0.3) is 11.3 Å². The second-order valence-corrected chi connectivity index (χ2v) is 12.6. The van der Waals surface area contributed by atoms with Crippen molar-refractivity contribution >= 4 is 50.2 Å². The maximum Gasteiger partial charge on any atom is 0.416 e. The van der Waals surface area contributed by atoms with Crippen molar-refractivity contribution in [2.24, 2.45) is 0 Å². The number of carbonyl (C=O) groups excluding carboxylic acids is 1. The molecule has 1 fully saturated rings. The Morgan fingerprint density at radius 1 is 1.24 bits per heavy atom. The number of nitrogens with one attached hydrogen (secondary N) is 1. The van der Waals surface area contributed by atoms with Crippen molar-refractivity contribution in [2.75, 3.05) is 6.54 Å². The number of sulfonamides is 1. The number of amides is 1. The van der Waals surface area contributed by atoms with Gasteiger partial charge >= 0.3 is 6.18 Å². The normalized spacial score (nSPS) is 19.4. The predicted octanol–water partition coefficient (Wildman–Crippen LogP) is 5.40. The molecule has 1 aliphatic heterocycles. The molecule has 34 heavy (non-hydrogen) atoms. The molecular formula is C21H19ClF3N3O3S3. The number of thiophene rings is 1. The van der Waals surface area contributed by atoms with E-state index in [2.05, 4.69) is 10.3 Å². The Morgan fingerprint density at radius 2 is 1.94 bits per heavy atom.